The molecule has 3 rings (SSSR count). The maximum atomic E-state index is 12.4. The fraction of sp³-hybridized carbons (Fsp3) is 0.267. The van der Waals surface area contributed by atoms with Gasteiger partial charge in [0, 0.05) is 12.1 Å². The Morgan fingerprint density at radius 3 is 2.61 bits per heavy atom. The van der Waals surface area contributed by atoms with Crippen molar-refractivity contribution in [1.82, 2.24) is 4.98 Å². The van der Waals surface area contributed by atoms with Crippen LogP contribution in [0, 0.1) is 0 Å². The van der Waals surface area contributed by atoms with E-state index in [9.17, 15) is 8.42 Å². The Bertz CT molecular complexity index is 804. The molecule has 0 aliphatic carbocycles. The first-order valence-corrected chi connectivity index (χ1v) is 8.57. The first-order valence-electron chi connectivity index (χ1n) is 7.09. The minimum atomic E-state index is -3.74. The van der Waals surface area contributed by atoms with Crippen LogP contribution in [0.5, 0.6) is 11.5 Å². The standard InChI is InChI=1S/C15H17N3O4S/c1-10(2)17-11-3-6-15(16-8-11)18-23(19,20)12-4-5-13-14(7-12)22-9-21-13/h3-8,10,17H,9H2,1-2H3,(H,16,18). The summed E-state index contributed by atoms with van der Waals surface area (Å²) in [5.41, 5.74) is 0.825. The summed E-state index contributed by atoms with van der Waals surface area (Å²) in [5, 5.41) is 3.18. The van der Waals surface area contributed by atoms with Crippen LogP contribution in [0.2, 0.25) is 0 Å². The van der Waals surface area contributed by atoms with Crippen molar-refractivity contribution in [3.8, 4) is 11.5 Å². The molecule has 1 aromatic heterocycles. The maximum absolute atomic E-state index is 12.4. The van der Waals surface area contributed by atoms with E-state index in [4.69, 9.17) is 9.47 Å². The number of pyridine rings is 1. The first-order chi connectivity index (χ1) is 10.9. The van der Waals surface area contributed by atoms with Crippen molar-refractivity contribution in [2.75, 3.05) is 16.8 Å². The van der Waals surface area contributed by atoms with Crippen molar-refractivity contribution in [3.05, 3.63) is 36.5 Å². The van der Waals surface area contributed by atoms with Gasteiger partial charge < -0.3 is 14.8 Å². The Morgan fingerprint density at radius 2 is 1.91 bits per heavy atom. The van der Waals surface area contributed by atoms with Gasteiger partial charge in [-0.2, -0.15) is 0 Å². The summed E-state index contributed by atoms with van der Waals surface area (Å²) < 4.78 is 37.6. The van der Waals surface area contributed by atoms with Gasteiger partial charge in [0.25, 0.3) is 10.0 Å². The number of fused-ring (bicyclic) bond motifs is 1. The third kappa shape index (κ3) is 3.48. The van der Waals surface area contributed by atoms with E-state index < -0.39 is 10.0 Å². The Morgan fingerprint density at radius 1 is 1.13 bits per heavy atom. The molecule has 0 spiro atoms. The molecule has 0 radical (unpaired) electrons. The molecule has 2 N–H and O–H groups in total. The molecule has 0 amide bonds. The predicted octanol–water partition coefficient (Wildman–Crippen LogP) is 2.43. The van der Waals surface area contributed by atoms with Crippen LogP contribution in [-0.2, 0) is 10.0 Å². The van der Waals surface area contributed by atoms with Gasteiger partial charge in [0.05, 0.1) is 16.8 Å². The fourth-order valence-electron chi connectivity index (χ4n) is 2.11. The van der Waals surface area contributed by atoms with Gasteiger partial charge in [0.2, 0.25) is 6.79 Å². The molecule has 2 heterocycles. The van der Waals surface area contributed by atoms with Crippen LogP contribution < -0.4 is 19.5 Å². The van der Waals surface area contributed by atoms with Crippen LogP contribution in [0.4, 0.5) is 11.5 Å². The van der Waals surface area contributed by atoms with Gasteiger partial charge in [0.1, 0.15) is 5.82 Å². The quantitative estimate of drug-likeness (QED) is 0.872. The predicted molar refractivity (Wildman–Crippen MR) is 86.4 cm³/mol. The lowest BCUT2D eigenvalue weighted by molar-refractivity contribution is 0.174. The lowest BCUT2D eigenvalue weighted by Crippen LogP contribution is -2.14. The van der Waals surface area contributed by atoms with Crippen molar-refractivity contribution >= 4 is 21.5 Å². The van der Waals surface area contributed by atoms with Crippen LogP contribution in [0.15, 0.2) is 41.4 Å². The van der Waals surface area contributed by atoms with E-state index in [1.165, 1.54) is 12.1 Å². The summed E-state index contributed by atoms with van der Waals surface area (Å²) in [6.07, 6.45) is 1.58. The van der Waals surface area contributed by atoms with E-state index in [1.54, 1.807) is 24.4 Å². The monoisotopic (exact) mass is 335 g/mol. The second-order valence-corrected chi connectivity index (χ2v) is 7.03. The normalized spacial score (nSPS) is 13.2. The first kappa shape index (κ1) is 15.4. The average molecular weight is 335 g/mol. The Labute approximate surface area is 134 Å². The van der Waals surface area contributed by atoms with Crippen molar-refractivity contribution in [1.29, 1.82) is 0 Å². The van der Waals surface area contributed by atoms with Crippen LogP contribution in [-0.4, -0.2) is 26.2 Å². The molecular weight excluding hydrogens is 318 g/mol. The topological polar surface area (TPSA) is 89.5 Å². The third-order valence-corrected chi connectivity index (χ3v) is 4.46. The summed E-state index contributed by atoms with van der Waals surface area (Å²) >= 11 is 0. The second-order valence-electron chi connectivity index (χ2n) is 5.35. The molecule has 1 aliphatic rings. The maximum Gasteiger partial charge on any atom is 0.263 e. The molecule has 7 nitrogen and oxygen atoms in total. The molecular formula is C15H17N3O4S. The SMILES string of the molecule is CC(C)Nc1ccc(NS(=O)(=O)c2ccc3c(c2)OCO3)nc1. The molecule has 0 saturated carbocycles. The van der Waals surface area contributed by atoms with E-state index in [0.29, 0.717) is 11.5 Å². The Hall–Kier alpha value is -2.48. The van der Waals surface area contributed by atoms with Gasteiger partial charge in [-0.25, -0.2) is 13.4 Å². The summed E-state index contributed by atoms with van der Waals surface area (Å²) in [6.45, 7) is 4.12. The van der Waals surface area contributed by atoms with Crippen molar-refractivity contribution in [2.45, 2.75) is 24.8 Å². The molecule has 0 bridgehead atoms. The molecule has 23 heavy (non-hydrogen) atoms. The lowest BCUT2D eigenvalue weighted by Gasteiger charge is -2.11. The number of rotatable bonds is 5. The summed E-state index contributed by atoms with van der Waals surface area (Å²) in [5.74, 6) is 1.19. The number of nitrogens with one attached hydrogen (secondary N) is 2. The van der Waals surface area contributed by atoms with Crippen LogP contribution in [0.3, 0.4) is 0 Å². The molecule has 122 valence electrons. The largest absolute Gasteiger partial charge is 0.454 e. The lowest BCUT2D eigenvalue weighted by atomic mass is 10.3. The highest BCUT2D eigenvalue weighted by Crippen LogP contribution is 2.34. The number of nitrogens with zero attached hydrogens (tertiary/aromatic N) is 1. The third-order valence-electron chi connectivity index (χ3n) is 3.11. The molecule has 1 aliphatic heterocycles. The minimum absolute atomic E-state index is 0.0907. The molecule has 0 atom stereocenters. The average Bonchev–Trinajstić information content (AvgIpc) is 2.96. The van der Waals surface area contributed by atoms with Gasteiger partial charge in [-0.05, 0) is 38.1 Å². The van der Waals surface area contributed by atoms with Gasteiger partial charge >= 0.3 is 0 Å². The van der Waals surface area contributed by atoms with Gasteiger partial charge in [0.15, 0.2) is 11.5 Å². The smallest absolute Gasteiger partial charge is 0.263 e. The number of hydrogen-bond acceptors (Lipinski definition) is 6. The number of aromatic nitrogens is 1. The van der Waals surface area contributed by atoms with Crippen molar-refractivity contribution in [3.63, 3.8) is 0 Å². The van der Waals surface area contributed by atoms with E-state index in [1.807, 2.05) is 13.8 Å². The van der Waals surface area contributed by atoms with Gasteiger partial charge in [-0.15, -0.1) is 0 Å². The van der Waals surface area contributed by atoms with E-state index >= 15 is 0 Å². The van der Waals surface area contributed by atoms with Gasteiger partial charge in [-0.1, -0.05) is 0 Å². The number of hydrogen-bond donors (Lipinski definition) is 2. The van der Waals surface area contributed by atoms with Crippen molar-refractivity contribution < 1.29 is 17.9 Å². The Kier molecular flexibility index (Phi) is 3.99. The zero-order valence-corrected chi connectivity index (χ0v) is 13.6. The minimum Gasteiger partial charge on any atom is -0.454 e. The number of anilines is 2. The van der Waals surface area contributed by atoms with Crippen LogP contribution >= 0.6 is 0 Å². The summed E-state index contributed by atoms with van der Waals surface area (Å²) in [6, 6.07) is 8.11. The van der Waals surface area contributed by atoms with Gasteiger partial charge in [-0.3, -0.25) is 4.72 Å². The van der Waals surface area contributed by atoms with E-state index in [0.717, 1.165) is 5.69 Å². The van der Waals surface area contributed by atoms with Crippen LogP contribution in [0.1, 0.15) is 13.8 Å². The number of sulfonamides is 1. The highest BCUT2D eigenvalue weighted by atomic mass is 32.2. The highest BCUT2D eigenvalue weighted by Gasteiger charge is 2.20. The number of benzene rings is 1. The fourth-order valence-corrected chi connectivity index (χ4v) is 3.14. The molecule has 1 aromatic carbocycles. The molecule has 2 aromatic rings. The van der Waals surface area contributed by atoms with Crippen LogP contribution in [0.25, 0.3) is 0 Å². The zero-order chi connectivity index (χ0) is 16.4. The van der Waals surface area contributed by atoms with E-state index in [-0.39, 0.29) is 23.5 Å². The highest BCUT2D eigenvalue weighted by molar-refractivity contribution is 7.92. The summed E-state index contributed by atoms with van der Waals surface area (Å²) in [7, 11) is -3.74. The molecule has 8 heteroatoms. The van der Waals surface area contributed by atoms with E-state index in [2.05, 4.69) is 15.0 Å². The van der Waals surface area contributed by atoms with Crippen molar-refractivity contribution in [2.24, 2.45) is 0 Å². The molecule has 0 saturated heterocycles. The molecule has 0 fully saturated rings. The number of ether oxygens (including phenoxy) is 2. The Balaban J connectivity index is 1.78. The summed E-state index contributed by atoms with van der Waals surface area (Å²) in [4.78, 5) is 4.20. The zero-order valence-electron chi connectivity index (χ0n) is 12.7. The second kappa shape index (κ2) is 5.96. The molecule has 0 unspecified atom stereocenters.